The van der Waals surface area contributed by atoms with Crippen LogP contribution in [0.15, 0.2) is 10.9 Å². The van der Waals surface area contributed by atoms with Crippen LogP contribution in [0.25, 0.3) is 0 Å². The molecule has 0 saturated carbocycles. The number of nitriles is 1. The lowest BCUT2D eigenvalue weighted by Crippen LogP contribution is -2.15. The molecule has 0 aliphatic heterocycles. The first-order valence-corrected chi connectivity index (χ1v) is 4.50. The monoisotopic (exact) mass is 208 g/mol. The van der Waals surface area contributed by atoms with Gasteiger partial charge in [0.1, 0.15) is 17.6 Å². The van der Waals surface area contributed by atoms with Gasteiger partial charge < -0.3 is 10.1 Å². The average Bonchev–Trinajstić information content (AvgIpc) is 2.23. The molecule has 0 aromatic carbocycles. The van der Waals surface area contributed by atoms with E-state index < -0.39 is 5.69 Å². The molecular formula is C9H12N4O2. The topological polar surface area (TPSA) is 90.8 Å². The van der Waals surface area contributed by atoms with Crippen LogP contribution in [0.1, 0.15) is 12.1 Å². The van der Waals surface area contributed by atoms with Crippen molar-refractivity contribution in [2.45, 2.75) is 6.42 Å². The highest BCUT2D eigenvalue weighted by molar-refractivity contribution is 5.38. The molecule has 0 atom stereocenters. The fourth-order valence-corrected chi connectivity index (χ4v) is 1.04. The zero-order chi connectivity index (χ0) is 11.1. The Labute approximate surface area is 86.9 Å². The second-order valence-electron chi connectivity index (χ2n) is 2.87. The largest absolute Gasteiger partial charge is 0.385 e. The van der Waals surface area contributed by atoms with Gasteiger partial charge in [0, 0.05) is 26.3 Å². The second-order valence-corrected chi connectivity index (χ2v) is 2.87. The van der Waals surface area contributed by atoms with E-state index >= 15 is 0 Å². The SMILES string of the molecule is COCCCNc1cc(C#N)[nH]c(=O)n1. The van der Waals surface area contributed by atoms with Gasteiger partial charge in [-0.25, -0.2) is 4.79 Å². The van der Waals surface area contributed by atoms with Crippen molar-refractivity contribution in [3.05, 3.63) is 22.2 Å². The molecule has 15 heavy (non-hydrogen) atoms. The first-order valence-electron chi connectivity index (χ1n) is 4.50. The van der Waals surface area contributed by atoms with Crippen LogP contribution in [0.5, 0.6) is 0 Å². The summed E-state index contributed by atoms with van der Waals surface area (Å²) in [5, 5.41) is 11.5. The van der Waals surface area contributed by atoms with E-state index in [2.05, 4.69) is 15.3 Å². The number of hydrogen-bond donors (Lipinski definition) is 2. The van der Waals surface area contributed by atoms with Crippen LogP contribution in [-0.2, 0) is 4.74 Å². The van der Waals surface area contributed by atoms with Crippen molar-refractivity contribution in [2.24, 2.45) is 0 Å². The van der Waals surface area contributed by atoms with Crippen LogP contribution in [-0.4, -0.2) is 30.2 Å². The van der Waals surface area contributed by atoms with Crippen LogP contribution in [0, 0.1) is 11.3 Å². The maximum atomic E-state index is 11.0. The highest BCUT2D eigenvalue weighted by Gasteiger charge is 1.98. The molecule has 1 aromatic rings. The van der Waals surface area contributed by atoms with E-state index in [-0.39, 0.29) is 5.69 Å². The lowest BCUT2D eigenvalue weighted by molar-refractivity contribution is 0.197. The third kappa shape index (κ3) is 3.79. The van der Waals surface area contributed by atoms with Gasteiger partial charge in [-0.15, -0.1) is 0 Å². The number of nitrogens with zero attached hydrogens (tertiary/aromatic N) is 2. The van der Waals surface area contributed by atoms with Crippen molar-refractivity contribution in [3.63, 3.8) is 0 Å². The summed E-state index contributed by atoms with van der Waals surface area (Å²) in [6.45, 7) is 1.29. The van der Waals surface area contributed by atoms with Crippen molar-refractivity contribution in [1.82, 2.24) is 9.97 Å². The number of aromatic nitrogens is 2. The van der Waals surface area contributed by atoms with Crippen molar-refractivity contribution >= 4 is 5.82 Å². The van der Waals surface area contributed by atoms with Crippen LogP contribution in [0.3, 0.4) is 0 Å². The number of H-pyrrole nitrogens is 1. The highest BCUT2D eigenvalue weighted by atomic mass is 16.5. The van der Waals surface area contributed by atoms with E-state index in [9.17, 15) is 4.79 Å². The van der Waals surface area contributed by atoms with Crippen molar-refractivity contribution in [2.75, 3.05) is 25.6 Å². The molecule has 0 unspecified atom stereocenters. The Morgan fingerprint density at radius 2 is 2.53 bits per heavy atom. The minimum absolute atomic E-state index is 0.198. The highest BCUT2D eigenvalue weighted by Crippen LogP contribution is 2.00. The zero-order valence-electron chi connectivity index (χ0n) is 8.41. The summed E-state index contributed by atoms with van der Waals surface area (Å²) in [5.74, 6) is 0.409. The minimum atomic E-state index is -0.525. The maximum Gasteiger partial charge on any atom is 0.347 e. The predicted octanol–water partition coefficient (Wildman–Crippen LogP) is 0.0900. The quantitative estimate of drug-likeness (QED) is 0.669. The Kier molecular flexibility index (Phi) is 4.31. The predicted molar refractivity (Wildman–Crippen MR) is 54.6 cm³/mol. The Morgan fingerprint density at radius 3 is 3.20 bits per heavy atom. The third-order valence-corrected chi connectivity index (χ3v) is 1.70. The molecule has 80 valence electrons. The summed E-state index contributed by atoms with van der Waals surface area (Å²) < 4.78 is 4.87. The molecule has 0 fully saturated rings. The number of methoxy groups -OCH3 is 1. The first kappa shape index (κ1) is 11.2. The summed E-state index contributed by atoms with van der Waals surface area (Å²) in [4.78, 5) is 16.9. The fourth-order valence-electron chi connectivity index (χ4n) is 1.04. The Hall–Kier alpha value is -1.87. The van der Waals surface area contributed by atoms with Crippen molar-refractivity contribution in [1.29, 1.82) is 5.26 Å². The molecule has 1 aromatic heterocycles. The number of nitrogens with one attached hydrogen (secondary N) is 2. The van der Waals surface area contributed by atoms with Gasteiger partial charge in [0.15, 0.2) is 0 Å². The first-order chi connectivity index (χ1) is 7.26. The maximum absolute atomic E-state index is 11.0. The molecular weight excluding hydrogens is 196 g/mol. The fraction of sp³-hybridized carbons (Fsp3) is 0.444. The zero-order valence-corrected chi connectivity index (χ0v) is 8.41. The van der Waals surface area contributed by atoms with Gasteiger partial charge in [-0.3, -0.25) is 4.98 Å². The van der Waals surface area contributed by atoms with Crippen molar-refractivity contribution in [3.8, 4) is 6.07 Å². The molecule has 0 radical (unpaired) electrons. The number of anilines is 1. The molecule has 0 aliphatic rings. The van der Waals surface area contributed by atoms with E-state index in [1.54, 1.807) is 7.11 Å². The minimum Gasteiger partial charge on any atom is -0.385 e. The Balaban J connectivity index is 2.58. The van der Waals surface area contributed by atoms with Gasteiger partial charge in [-0.05, 0) is 6.42 Å². The van der Waals surface area contributed by atoms with Gasteiger partial charge in [0.05, 0.1) is 0 Å². The van der Waals surface area contributed by atoms with Crippen LogP contribution in [0.4, 0.5) is 5.82 Å². The molecule has 1 heterocycles. The lowest BCUT2D eigenvalue weighted by Gasteiger charge is -2.03. The van der Waals surface area contributed by atoms with E-state index in [1.807, 2.05) is 6.07 Å². The summed E-state index contributed by atoms with van der Waals surface area (Å²) >= 11 is 0. The van der Waals surface area contributed by atoms with E-state index in [4.69, 9.17) is 10.00 Å². The second kappa shape index (κ2) is 5.78. The molecule has 2 N–H and O–H groups in total. The summed E-state index contributed by atoms with van der Waals surface area (Å²) in [5.41, 5.74) is -0.326. The van der Waals surface area contributed by atoms with Crippen molar-refractivity contribution < 1.29 is 4.74 Å². The van der Waals surface area contributed by atoms with Gasteiger partial charge in [-0.1, -0.05) is 0 Å². The summed E-state index contributed by atoms with van der Waals surface area (Å²) in [6, 6.07) is 3.34. The van der Waals surface area contributed by atoms with Crippen LogP contribution in [0.2, 0.25) is 0 Å². The summed E-state index contributed by atoms with van der Waals surface area (Å²) in [7, 11) is 1.62. The Bertz CT molecular complexity index is 407. The standard InChI is InChI=1S/C9H12N4O2/c1-15-4-2-3-11-8-5-7(6-10)12-9(14)13-8/h5H,2-4H2,1H3,(H2,11,12,13,14). The van der Waals surface area contributed by atoms with Gasteiger partial charge in [0.2, 0.25) is 0 Å². The van der Waals surface area contributed by atoms with E-state index in [0.29, 0.717) is 19.0 Å². The van der Waals surface area contributed by atoms with Crippen LogP contribution < -0.4 is 11.0 Å². The lowest BCUT2D eigenvalue weighted by atomic mass is 10.4. The van der Waals surface area contributed by atoms with E-state index in [0.717, 1.165) is 6.42 Å². The third-order valence-electron chi connectivity index (χ3n) is 1.70. The van der Waals surface area contributed by atoms with Gasteiger partial charge in [-0.2, -0.15) is 10.2 Å². The molecule has 0 saturated heterocycles. The molecule has 6 heteroatoms. The number of aromatic amines is 1. The molecule has 0 bridgehead atoms. The summed E-state index contributed by atoms with van der Waals surface area (Å²) in [6.07, 6.45) is 0.812. The average molecular weight is 208 g/mol. The number of ether oxygens (including phenoxy) is 1. The molecule has 6 nitrogen and oxygen atoms in total. The Morgan fingerprint density at radius 1 is 1.73 bits per heavy atom. The number of hydrogen-bond acceptors (Lipinski definition) is 5. The molecule has 1 rings (SSSR count). The van der Waals surface area contributed by atoms with Crippen LogP contribution >= 0.6 is 0 Å². The van der Waals surface area contributed by atoms with Gasteiger partial charge in [0.25, 0.3) is 0 Å². The molecule has 0 amide bonds. The molecule has 0 aliphatic carbocycles. The normalized spacial score (nSPS) is 9.60. The number of rotatable bonds is 5. The van der Waals surface area contributed by atoms with E-state index in [1.165, 1.54) is 6.07 Å². The molecule has 0 spiro atoms. The smallest absolute Gasteiger partial charge is 0.347 e. The van der Waals surface area contributed by atoms with Gasteiger partial charge >= 0.3 is 5.69 Å².